The van der Waals surface area contributed by atoms with Gasteiger partial charge in [-0.2, -0.15) is 0 Å². The maximum Gasteiger partial charge on any atom is 0.138 e. The van der Waals surface area contributed by atoms with Crippen LogP contribution in [0.4, 0.5) is 0 Å². The minimum atomic E-state index is 0.167. The number of hydrogen-bond donors (Lipinski definition) is 0. The van der Waals surface area contributed by atoms with E-state index in [2.05, 4.69) is 38.1 Å². The normalized spacial score (nSPS) is 12.7. The first-order valence-corrected chi connectivity index (χ1v) is 8.18. The van der Waals surface area contributed by atoms with Gasteiger partial charge in [0.1, 0.15) is 5.44 Å². The molecule has 1 aromatic carbocycles. The molecule has 0 heterocycles. The third-order valence-corrected chi connectivity index (χ3v) is 4.85. The van der Waals surface area contributed by atoms with Crippen molar-refractivity contribution in [1.82, 2.24) is 0 Å². The van der Waals surface area contributed by atoms with Crippen LogP contribution in [0.5, 0.6) is 0 Å². The first-order chi connectivity index (χ1) is 7.81. The highest BCUT2D eigenvalue weighted by Gasteiger charge is 2.11. The summed E-state index contributed by atoms with van der Waals surface area (Å²) in [7, 11) is 3.66. The predicted molar refractivity (Wildman–Crippen MR) is 75.9 cm³/mol. The van der Waals surface area contributed by atoms with E-state index < -0.39 is 0 Å². The molecule has 1 atom stereocenters. The van der Waals surface area contributed by atoms with Gasteiger partial charge in [-0.05, 0) is 24.5 Å². The van der Waals surface area contributed by atoms with Crippen molar-refractivity contribution >= 4 is 21.6 Å². The van der Waals surface area contributed by atoms with Gasteiger partial charge in [0, 0.05) is 12.4 Å². The molecule has 0 spiro atoms. The fourth-order valence-electron chi connectivity index (χ4n) is 1.37. The van der Waals surface area contributed by atoms with Crippen LogP contribution in [0.15, 0.2) is 24.3 Å². The molecule has 0 aliphatic rings. The summed E-state index contributed by atoms with van der Waals surface area (Å²) in [5.41, 5.74) is 2.82. The molecule has 0 N–H and O–H groups in total. The number of aryl methyl sites for hydroxylation is 1. The van der Waals surface area contributed by atoms with E-state index in [0.717, 1.165) is 18.8 Å². The quantitative estimate of drug-likeness (QED) is 0.517. The van der Waals surface area contributed by atoms with Crippen LogP contribution in [0.2, 0.25) is 0 Å². The van der Waals surface area contributed by atoms with E-state index >= 15 is 0 Å². The highest BCUT2D eigenvalue weighted by Crippen LogP contribution is 2.38. The van der Waals surface area contributed by atoms with Gasteiger partial charge in [0.2, 0.25) is 0 Å². The maximum atomic E-state index is 5.75. The van der Waals surface area contributed by atoms with Crippen molar-refractivity contribution in [1.29, 1.82) is 0 Å². The lowest BCUT2D eigenvalue weighted by Gasteiger charge is -2.16. The van der Waals surface area contributed by atoms with Gasteiger partial charge in [-0.1, -0.05) is 59.7 Å². The van der Waals surface area contributed by atoms with Gasteiger partial charge in [-0.3, -0.25) is 0 Å². The molecule has 1 unspecified atom stereocenters. The molecule has 0 aliphatic carbocycles. The lowest BCUT2D eigenvalue weighted by Crippen LogP contribution is -1.99. The second kappa shape index (κ2) is 8.04. The van der Waals surface area contributed by atoms with Gasteiger partial charge >= 0.3 is 0 Å². The number of benzene rings is 1. The van der Waals surface area contributed by atoms with Crippen LogP contribution >= 0.6 is 21.6 Å². The largest absolute Gasteiger partial charge is 0.362 e. The summed E-state index contributed by atoms with van der Waals surface area (Å²) in [5.74, 6) is 1.11. The molecule has 0 radical (unpaired) electrons. The summed E-state index contributed by atoms with van der Waals surface area (Å²) < 4.78 is 5.75. The van der Waals surface area contributed by atoms with Gasteiger partial charge in [0.05, 0.1) is 0 Å². The van der Waals surface area contributed by atoms with Crippen molar-refractivity contribution < 1.29 is 4.74 Å². The lowest BCUT2D eigenvalue weighted by atomic mass is 10.1. The first kappa shape index (κ1) is 13.9. The number of rotatable bonds is 7. The first-order valence-electron chi connectivity index (χ1n) is 5.80. The fraction of sp³-hybridized carbons (Fsp3) is 0.538. The topological polar surface area (TPSA) is 9.23 Å². The Morgan fingerprint density at radius 1 is 1.12 bits per heavy atom. The second-order valence-corrected chi connectivity index (χ2v) is 6.10. The molecule has 0 aliphatic heterocycles. The average molecular weight is 256 g/mol. The monoisotopic (exact) mass is 256 g/mol. The molecule has 1 nitrogen and oxygen atoms in total. The molecule has 3 heteroatoms. The van der Waals surface area contributed by atoms with Crippen molar-refractivity contribution in [2.45, 2.75) is 32.6 Å². The highest BCUT2D eigenvalue weighted by molar-refractivity contribution is 8.76. The smallest absolute Gasteiger partial charge is 0.138 e. The summed E-state index contributed by atoms with van der Waals surface area (Å²) in [6.45, 7) is 7.15. The molecule has 90 valence electrons. The second-order valence-electron chi connectivity index (χ2n) is 3.39. The standard InChI is InChI=1S/C13H20OS2/c1-4-11-7-9-12(10-8-11)13(14-5-2)16-15-6-3/h7-10,13H,4-6H2,1-3H3. The zero-order valence-corrected chi connectivity index (χ0v) is 11.9. The van der Waals surface area contributed by atoms with E-state index in [-0.39, 0.29) is 5.44 Å². The van der Waals surface area contributed by atoms with Crippen LogP contribution < -0.4 is 0 Å². The van der Waals surface area contributed by atoms with Crippen molar-refractivity contribution in [3.63, 3.8) is 0 Å². The lowest BCUT2D eigenvalue weighted by molar-refractivity contribution is 0.127. The Hall–Kier alpha value is -0.120. The Balaban J connectivity index is 2.67. The molecule has 16 heavy (non-hydrogen) atoms. The zero-order chi connectivity index (χ0) is 11.8. The van der Waals surface area contributed by atoms with Crippen LogP contribution in [0.1, 0.15) is 37.3 Å². The SMILES string of the molecule is CCOC(SSCC)c1ccc(CC)cc1. The van der Waals surface area contributed by atoms with E-state index in [1.165, 1.54) is 11.1 Å². The van der Waals surface area contributed by atoms with E-state index in [0.29, 0.717) is 0 Å². The van der Waals surface area contributed by atoms with Crippen molar-refractivity contribution in [2.24, 2.45) is 0 Å². The highest BCUT2D eigenvalue weighted by atomic mass is 33.1. The zero-order valence-electron chi connectivity index (χ0n) is 10.2. The van der Waals surface area contributed by atoms with Gasteiger partial charge in [-0.25, -0.2) is 0 Å². The molecule has 0 saturated heterocycles. The van der Waals surface area contributed by atoms with Gasteiger partial charge in [0.25, 0.3) is 0 Å². The van der Waals surface area contributed by atoms with Crippen LogP contribution in [0.3, 0.4) is 0 Å². The number of ether oxygens (including phenoxy) is 1. The van der Waals surface area contributed by atoms with Crippen LogP contribution in [0.25, 0.3) is 0 Å². The van der Waals surface area contributed by atoms with Crippen molar-refractivity contribution in [2.75, 3.05) is 12.4 Å². The maximum absolute atomic E-state index is 5.75. The summed E-state index contributed by atoms with van der Waals surface area (Å²) in [4.78, 5) is 0. The van der Waals surface area contributed by atoms with Crippen LogP contribution in [-0.4, -0.2) is 12.4 Å². The average Bonchev–Trinajstić information content (AvgIpc) is 2.35. The van der Waals surface area contributed by atoms with E-state index in [1.54, 1.807) is 0 Å². The minimum absolute atomic E-state index is 0.167. The Morgan fingerprint density at radius 2 is 1.81 bits per heavy atom. The van der Waals surface area contributed by atoms with E-state index in [1.807, 2.05) is 28.5 Å². The van der Waals surface area contributed by atoms with E-state index in [4.69, 9.17) is 4.74 Å². The molecule has 0 saturated carbocycles. The summed E-state index contributed by atoms with van der Waals surface area (Å²) in [6.07, 6.45) is 1.09. The summed E-state index contributed by atoms with van der Waals surface area (Å²) >= 11 is 0. The minimum Gasteiger partial charge on any atom is -0.362 e. The van der Waals surface area contributed by atoms with Crippen molar-refractivity contribution in [3.05, 3.63) is 35.4 Å². The van der Waals surface area contributed by atoms with Gasteiger partial charge < -0.3 is 4.74 Å². The third kappa shape index (κ3) is 4.40. The Morgan fingerprint density at radius 3 is 2.31 bits per heavy atom. The Kier molecular flexibility index (Phi) is 7.01. The van der Waals surface area contributed by atoms with Crippen LogP contribution in [-0.2, 0) is 11.2 Å². The number of hydrogen-bond acceptors (Lipinski definition) is 3. The molecule has 0 amide bonds. The molecular formula is C13H20OS2. The molecule has 0 bridgehead atoms. The fourth-order valence-corrected chi connectivity index (χ4v) is 3.37. The summed E-state index contributed by atoms with van der Waals surface area (Å²) in [5, 5.41) is 0. The Labute approximate surface area is 107 Å². The predicted octanol–water partition coefficient (Wildman–Crippen LogP) is 4.69. The third-order valence-electron chi connectivity index (χ3n) is 2.25. The molecular weight excluding hydrogens is 236 g/mol. The molecule has 1 aromatic rings. The van der Waals surface area contributed by atoms with Gasteiger partial charge in [0.15, 0.2) is 0 Å². The molecule has 1 rings (SSSR count). The Bertz CT molecular complexity index is 284. The molecule has 0 aromatic heterocycles. The van der Waals surface area contributed by atoms with Crippen LogP contribution in [0, 0.1) is 0 Å². The van der Waals surface area contributed by atoms with E-state index in [9.17, 15) is 0 Å². The summed E-state index contributed by atoms with van der Waals surface area (Å²) in [6, 6.07) is 8.75. The molecule has 0 fully saturated rings. The van der Waals surface area contributed by atoms with Crippen molar-refractivity contribution in [3.8, 4) is 0 Å². The van der Waals surface area contributed by atoms with Gasteiger partial charge in [-0.15, -0.1) is 0 Å².